The highest BCUT2D eigenvalue weighted by Gasteiger charge is 2.35. The zero-order valence-electron chi connectivity index (χ0n) is 21.5. The van der Waals surface area contributed by atoms with E-state index in [1.807, 2.05) is 60.7 Å². The zero-order chi connectivity index (χ0) is 27.5. The molecule has 2 heterocycles. The number of methoxy groups -OCH3 is 2. The molecule has 0 aliphatic carbocycles. The smallest absolute Gasteiger partial charge is 0.338 e. The number of ether oxygens (including phenoxy) is 3. The SMILES string of the molecule is CCOC(=O)C1=C(c2ccccc2)N=c2s/c(=C/c3ccc(OC)c(Cl)c3)c(=O)n2[C@H]1c1cccc(OC)c1. The molecule has 5 rings (SSSR count). The molecular weight excluding hydrogens is 536 g/mol. The molecule has 3 aromatic carbocycles. The first-order valence-electron chi connectivity index (χ1n) is 12.2. The average Bonchev–Trinajstić information content (AvgIpc) is 3.27. The van der Waals surface area contributed by atoms with Gasteiger partial charge in [-0.05, 0) is 48.4 Å². The van der Waals surface area contributed by atoms with Gasteiger partial charge in [0.15, 0.2) is 4.80 Å². The number of nitrogens with zero attached hydrogens (tertiary/aromatic N) is 2. The van der Waals surface area contributed by atoms with Gasteiger partial charge in [-0.15, -0.1) is 0 Å². The van der Waals surface area contributed by atoms with Gasteiger partial charge in [0.25, 0.3) is 5.56 Å². The number of benzene rings is 3. The van der Waals surface area contributed by atoms with E-state index < -0.39 is 12.0 Å². The predicted octanol–water partition coefficient (Wildman–Crippen LogP) is 4.61. The molecule has 4 aromatic rings. The molecule has 0 saturated heterocycles. The second-order valence-corrected chi connectivity index (χ2v) is 10.0. The summed E-state index contributed by atoms with van der Waals surface area (Å²) in [5.41, 5.74) is 2.63. The first-order valence-corrected chi connectivity index (χ1v) is 13.4. The molecule has 0 fully saturated rings. The molecule has 0 N–H and O–H groups in total. The lowest BCUT2D eigenvalue weighted by Gasteiger charge is -2.26. The minimum Gasteiger partial charge on any atom is -0.497 e. The Labute approximate surface area is 233 Å². The third kappa shape index (κ3) is 5.13. The number of carbonyl (C=O) groups excluding carboxylic acids is 1. The van der Waals surface area contributed by atoms with E-state index in [4.69, 9.17) is 30.8 Å². The molecule has 1 aromatic heterocycles. The first-order chi connectivity index (χ1) is 18.9. The molecule has 0 unspecified atom stereocenters. The van der Waals surface area contributed by atoms with Crippen molar-refractivity contribution in [2.75, 3.05) is 20.8 Å². The van der Waals surface area contributed by atoms with E-state index in [0.717, 1.165) is 11.1 Å². The number of rotatable bonds is 7. The fourth-order valence-corrected chi connectivity index (χ4v) is 5.76. The van der Waals surface area contributed by atoms with Crippen LogP contribution in [0.2, 0.25) is 5.02 Å². The fraction of sp³-hybridized carbons (Fsp3) is 0.167. The fourth-order valence-electron chi connectivity index (χ4n) is 4.49. The molecule has 0 saturated carbocycles. The minimum atomic E-state index is -0.785. The maximum atomic E-state index is 14.0. The van der Waals surface area contributed by atoms with Crippen LogP contribution in [0.15, 0.2) is 88.2 Å². The molecule has 0 radical (unpaired) electrons. The molecule has 9 heteroatoms. The van der Waals surface area contributed by atoms with Crippen LogP contribution in [0.1, 0.15) is 29.7 Å². The number of halogens is 1. The van der Waals surface area contributed by atoms with Crippen molar-refractivity contribution in [3.63, 3.8) is 0 Å². The van der Waals surface area contributed by atoms with Gasteiger partial charge in [0, 0.05) is 5.56 Å². The summed E-state index contributed by atoms with van der Waals surface area (Å²) in [6.07, 6.45) is 1.76. The van der Waals surface area contributed by atoms with Crippen LogP contribution in [0, 0.1) is 0 Å². The summed E-state index contributed by atoms with van der Waals surface area (Å²) in [7, 11) is 3.12. The molecule has 0 amide bonds. The van der Waals surface area contributed by atoms with E-state index in [1.54, 1.807) is 43.9 Å². The van der Waals surface area contributed by atoms with Crippen molar-refractivity contribution in [2.24, 2.45) is 4.99 Å². The molecule has 0 bridgehead atoms. The number of thiazole rings is 1. The number of aromatic nitrogens is 1. The highest BCUT2D eigenvalue weighted by atomic mass is 35.5. The van der Waals surface area contributed by atoms with E-state index in [1.165, 1.54) is 11.3 Å². The predicted molar refractivity (Wildman–Crippen MR) is 152 cm³/mol. The lowest BCUT2D eigenvalue weighted by atomic mass is 9.93. The van der Waals surface area contributed by atoms with Crippen LogP contribution in [0.3, 0.4) is 0 Å². The lowest BCUT2D eigenvalue weighted by Crippen LogP contribution is -2.40. The normalized spacial score (nSPS) is 15.0. The Kier molecular flexibility index (Phi) is 7.67. The molecule has 7 nitrogen and oxygen atoms in total. The third-order valence-corrected chi connectivity index (χ3v) is 7.54. The second-order valence-electron chi connectivity index (χ2n) is 8.60. The summed E-state index contributed by atoms with van der Waals surface area (Å²) < 4.78 is 18.2. The third-order valence-electron chi connectivity index (χ3n) is 6.26. The Morgan fingerprint density at radius 3 is 2.54 bits per heavy atom. The second kappa shape index (κ2) is 11.3. The number of hydrogen-bond donors (Lipinski definition) is 0. The van der Waals surface area contributed by atoms with Crippen LogP contribution in [0.4, 0.5) is 0 Å². The van der Waals surface area contributed by atoms with Crippen molar-refractivity contribution in [3.05, 3.63) is 120 Å². The van der Waals surface area contributed by atoms with Gasteiger partial charge in [-0.3, -0.25) is 9.36 Å². The molecule has 0 spiro atoms. The average molecular weight is 561 g/mol. The van der Waals surface area contributed by atoms with Crippen molar-refractivity contribution >= 4 is 40.7 Å². The quantitative estimate of drug-likeness (QED) is 0.309. The lowest BCUT2D eigenvalue weighted by molar-refractivity contribution is -0.138. The van der Waals surface area contributed by atoms with Crippen LogP contribution < -0.4 is 24.4 Å². The van der Waals surface area contributed by atoms with Crippen molar-refractivity contribution in [2.45, 2.75) is 13.0 Å². The zero-order valence-corrected chi connectivity index (χ0v) is 23.1. The van der Waals surface area contributed by atoms with E-state index in [2.05, 4.69) is 0 Å². The summed E-state index contributed by atoms with van der Waals surface area (Å²) in [4.78, 5) is 32.8. The van der Waals surface area contributed by atoms with Crippen LogP contribution >= 0.6 is 22.9 Å². The van der Waals surface area contributed by atoms with Gasteiger partial charge < -0.3 is 14.2 Å². The van der Waals surface area contributed by atoms with Gasteiger partial charge >= 0.3 is 5.97 Å². The van der Waals surface area contributed by atoms with Crippen LogP contribution in [-0.4, -0.2) is 31.4 Å². The summed E-state index contributed by atoms with van der Waals surface area (Å²) in [5, 5.41) is 0.434. The van der Waals surface area contributed by atoms with Gasteiger partial charge in [0.05, 0.1) is 47.7 Å². The number of hydrogen-bond acceptors (Lipinski definition) is 7. The van der Waals surface area contributed by atoms with E-state index in [-0.39, 0.29) is 17.7 Å². The Balaban J connectivity index is 1.81. The standard InChI is InChI=1S/C30H25ClN2O5S/c1-4-38-29(35)25-26(19-9-6-5-7-10-19)32-30-33(27(25)20-11-8-12-21(17-20)36-2)28(34)24(39-30)16-18-13-14-23(37-3)22(31)15-18/h5-17,27H,4H2,1-3H3/b24-16+/t27-/m0/s1. The van der Waals surface area contributed by atoms with E-state index in [0.29, 0.717) is 37.1 Å². The molecular formula is C30H25ClN2O5S. The van der Waals surface area contributed by atoms with Crippen molar-refractivity contribution in [3.8, 4) is 11.5 Å². The highest BCUT2D eigenvalue weighted by Crippen LogP contribution is 2.36. The summed E-state index contributed by atoms with van der Waals surface area (Å²) in [6, 6.07) is 21.3. The monoisotopic (exact) mass is 560 g/mol. The van der Waals surface area contributed by atoms with Gasteiger partial charge in [0.2, 0.25) is 0 Å². The maximum Gasteiger partial charge on any atom is 0.338 e. The minimum absolute atomic E-state index is 0.178. The Bertz CT molecular complexity index is 1760. The van der Waals surface area contributed by atoms with E-state index >= 15 is 0 Å². The summed E-state index contributed by atoms with van der Waals surface area (Å²) in [6.45, 7) is 1.92. The van der Waals surface area contributed by atoms with Crippen molar-refractivity contribution < 1.29 is 19.0 Å². The summed E-state index contributed by atoms with van der Waals surface area (Å²) in [5.74, 6) is 0.605. The maximum absolute atomic E-state index is 14.0. The number of carbonyl (C=O) groups is 1. The molecule has 1 atom stereocenters. The van der Waals surface area contributed by atoms with Gasteiger partial charge in [-0.25, -0.2) is 9.79 Å². The molecule has 1 aliphatic rings. The Morgan fingerprint density at radius 1 is 1.05 bits per heavy atom. The Hall–Kier alpha value is -4.14. The van der Waals surface area contributed by atoms with Gasteiger partial charge in [0.1, 0.15) is 11.5 Å². The van der Waals surface area contributed by atoms with Gasteiger partial charge in [-0.1, -0.05) is 71.5 Å². The molecule has 39 heavy (non-hydrogen) atoms. The van der Waals surface area contributed by atoms with Gasteiger partial charge in [-0.2, -0.15) is 0 Å². The topological polar surface area (TPSA) is 79.1 Å². The Morgan fingerprint density at radius 2 is 1.85 bits per heavy atom. The number of fused-ring (bicyclic) bond motifs is 1. The molecule has 198 valence electrons. The van der Waals surface area contributed by atoms with Crippen molar-refractivity contribution in [1.29, 1.82) is 0 Å². The highest BCUT2D eigenvalue weighted by molar-refractivity contribution is 7.07. The van der Waals surface area contributed by atoms with Crippen LogP contribution in [-0.2, 0) is 9.53 Å². The van der Waals surface area contributed by atoms with Crippen molar-refractivity contribution in [1.82, 2.24) is 4.57 Å². The van der Waals surface area contributed by atoms with Crippen LogP contribution in [0.25, 0.3) is 11.8 Å². The summed E-state index contributed by atoms with van der Waals surface area (Å²) >= 11 is 7.57. The first kappa shape index (κ1) is 26.5. The largest absolute Gasteiger partial charge is 0.497 e. The van der Waals surface area contributed by atoms with E-state index in [9.17, 15) is 9.59 Å². The molecule has 1 aliphatic heterocycles. The van der Waals surface area contributed by atoms with Crippen LogP contribution in [0.5, 0.6) is 11.5 Å². The number of esters is 1.